The van der Waals surface area contributed by atoms with Gasteiger partial charge in [-0.05, 0) is 66.8 Å². The molecule has 2 aliphatic carbocycles. The highest BCUT2D eigenvalue weighted by Gasteiger charge is 2.68. The van der Waals surface area contributed by atoms with Gasteiger partial charge in [-0.15, -0.1) is 10.2 Å². The summed E-state index contributed by atoms with van der Waals surface area (Å²) in [6, 6.07) is 12.1. The van der Waals surface area contributed by atoms with E-state index in [9.17, 15) is 32.0 Å². The monoisotopic (exact) mass is 596 g/mol. The minimum absolute atomic E-state index is 0.0103. The first-order valence-corrected chi connectivity index (χ1v) is 14.4. The number of nitriles is 1. The highest BCUT2D eigenvalue weighted by atomic mass is 19.4. The Morgan fingerprint density at radius 1 is 1.14 bits per heavy atom. The molecule has 12 heteroatoms. The molecule has 1 unspecified atom stereocenters. The molecule has 0 bridgehead atoms. The highest BCUT2D eigenvalue weighted by Crippen LogP contribution is 2.59. The van der Waals surface area contributed by atoms with Gasteiger partial charge in [0.1, 0.15) is 12.2 Å². The average molecular weight is 597 g/mol. The summed E-state index contributed by atoms with van der Waals surface area (Å²) in [6.45, 7) is 0.350. The van der Waals surface area contributed by atoms with Crippen LogP contribution in [0.3, 0.4) is 0 Å². The van der Waals surface area contributed by atoms with Crippen molar-refractivity contribution in [3.63, 3.8) is 0 Å². The number of halogens is 5. The molecule has 2 aliphatic heterocycles. The smallest absolute Gasteiger partial charge is 0.321 e. The number of benzene rings is 2. The Labute approximate surface area is 244 Å². The van der Waals surface area contributed by atoms with E-state index in [-0.39, 0.29) is 42.2 Å². The molecule has 0 N–H and O–H groups in total. The Morgan fingerprint density at radius 2 is 1.93 bits per heavy atom. The summed E-state index contributed by atoms with van der Waals surface area (Å²) in [5.74, 6) is -3.99. The van der Waals surface area contributed by atoms with Crippen LogP contribution in [0.5, 0.6) is 0 Å². The second-order valence-corrected chi connectivity index (χ2v) is 12.6. The summed E-state index contributed by atoms with van der Waals surface area (Å²) >= 11 is 0. The van der Waals surface area contributed by atoms with Crippen LogP contribution in [0.15, 0.2) is 42.7 Å². The van der Waals surface area contributed by atoms with E-state index in [1.807, 2.05) is 23.7 Å². The van der Waals surface area contributed by atoms with Crippen molar-refractivity contribution in [3.8, 4) is 6.07 Å². The molecule has 3 heterocycles. The van der Waals surface area contributed by atoms with Gasteiger partial charge in [0.15, 0.2) is 0 Å². The van der Waals surface area contributed by atoms with E-state index in [1.165, 1.54) is 11.0 Å². The number of carbonyl (C=O) groups excluding carboxylic acids is 1. The third-order valence-electron chi connectivity index (χ3n) is 9.92. The molecule has 43 heavy (non-hydrogen) atoms. The van der Waals surface area contributed by atoms with Crippen molar-refractivity contribution in [2.45, 2.75) is 56.3 Å². The van der Waals surface area contributed by atoms with Crippen LogP contribution < -0.4 is 4.90 Å². The summed E-state index contributed by atoms with van der Waals surface area (Å²) < 4.78 is 72.5. The lowest BCUT2D eigenvalue weighted by Gasteiger charge is -2.45. The topological polar surface area (TPSA) is 78.1 Å². The van der Waals surface area contributed by atoms with Crippen LogP contribution in [0.25, 0.3) is 0 Å². The summed E-state index contributed by atoms with van der Waals surface area (Å²) in [5.41, 5.74) is 0.280. The van der Waals surface area contributed by atoms with Crippen LogP contribution >= 0.6 is 0 Å². The van der Waals surface area contributed by atoms with Gasteiger partial charge < -0.3 is 9.47 Å². The molecule has 3 aromatic rings. The number of anilines is 1. The van der Waals surface area contributed by atoms with E-state index < -0.39 is 40.8 Å². The number of amides is 1. The van der Waals surface area contributed by atoms with Gasteiger partial charge in [0.25, 0.3) is 11.8 Å². The van der Waals surface area contributed by atoms with Crippen LogP contribution in [0.2, 0.25) is 0 Å². The maximum atomic E-state index is 14.3. The van der Waals surface area contributed by atoms with Crippen LogP contribution in [-0.4, -0.2) is 44.6 Å². The van der Waals surface area contributed by atoms with E-state index in [0.717, 1.165) is 17.5 Å². The zero-order valence-electron chi connectivity index (χ0n) is 23.4. The van der Waals surface area contributed by atoms with Gasteiger partial charge in [0.05, 0.1) is 18.2 Å². The fourth-order valence-corrected chi connectivity index (χ4v) is 7.45. The summed E-state index contributed by atoms with van der Waals surface area (Å²) in [7, 11) is 1.84. The molecule has 2 saturated carbocycles. The number of hydrogen-bond acceptors (Lipinski definition) is 5. The first-order chi connectivity index (χ1) is 20.4. The van der Waals surface area contributed by atoms with Crippen molar-refractivity contribution in [3.05, 3.63) is 76.4 Å². The lowest BCUT2D eigenvalue weighted by atomic mass is 9.57. The number of fused-ring (bicyclic) bond motifs is 2. The number of carbonyl (C=O) groups is 1. The molecule has 2 aromatic carbocycles. The van der Waals surface area contributed by atoms with Gasteiger partial charge in [0.2, 0.25) is 0 Å². The summed E-state index contributed by atoms with van der Waals surface area (Å²) in [5, 5.41) is 17.7. The Balaban J connectivity index is 1.18. The van der Waals surface area contributed by atoms with Crippen molar-refractivity contribution >= 4 is 11.6 Å². The molecule has 1 amide bonds. The van der Waals surface area contributed by atoms with Gasteiger partial charge in [-0.25, -0.2) is 8.78 Å². The minimum Gasteiger partial charge on any atom is -0.321 e. The molecular formula is C31H29F5N6O. The van der Waals surface area contributed by atoms with Crippen molar-refractivity contribution in [1.82, 2.24) is 19.7 Å². The molecule has 1 aromatic heterocycles. The number of likely N-dealkylation sites (tertiary alicyclic amines) is 1. The normalized spacial score (nSPS) is 27.8. The van der Waals surface area contributed by atoms with Gasteiger partial charge in [0, 0.05) is 61.0 Å². The minimum atomic E-state index is -4.69. The predicted octanol–water partition coefficient (Wildman–Crippen LogP) is 5.50. The zero-order chi connectivity index (χ0) is 30.3. The van der Waals surface area contributed by atoms with Gasteiger partial charge in [-0.3, -0.25) is 9.69 Å². The van der Waals surface area contributed by atoms with Crippen LogP contribution in [-0.2, 0) is 38.1 Å². The Bertz CT molecular complexity index is 1650. The molecule has 4 aliphatic rings. The zero-order valence-corrected chi connectivity index (χ0v) is 23.4. The van der Waals surface area contributed by atoms with Crippen molar-refractivity contribution in [1.29, 1.82) is 5.26 Å². The third-order valence-corrected chi connectivity index (χ3v) is 9.92. The fourth-order valence-electron chi connectivity index (χ4n) is 7.45. The Hall–Kier alpha value is -3.85. The number of aromatic nitrogens is 3. The first-order valence-electron chi connectivity index (χ1n) is 14.4. The molecule has 3 fully saturated rings. The van der Waals surface area contributed by atoms with E-state index in [4.69, 9.17) is 0 Å². The Kier molecular flexibility index (Phi) is 6.22. The van der Waals surface area contributed by atoms with Crippen LogP contribution in [0.1, 0.15) is 57.7 Å². The van der Waals surface area contributed by atoms with E-state index in [0.29, 0.717) is 37.9 Å². The van der Waals surface area contributed by atoms with Crippen LogP contribution in [0.4, 0.5) is 27.6 Å². The second-order valence-electron chi connectivity index (χ2n) is 12.6. The predicted molar refractivity (Wildman–Crippen MR) is 145 cm³/mol. The maximum Gasteiger partial charge on any atom is 0.416 e. The SMILES string of the molecule is Cn1cnnc1CC1(c2cccc(N3Cc4c(cc(CN5CCC6[C@H](C5)C6(F)F)cc4C(F)(F)F)C3=O)c2)CC(C#N)C1. The molecular weight excluding hydrogens is 567 g/mol. The molecule has 7 nitrogen and oxygen atoms in total. The Morgan fingerprint density at radius 3 is 2.60 bits per heavy atom. The quantitative estimate of drug-likeness (QED) is 0.352. The highest BCUT2D eigenvalue weighted by molar-refractivity contribution is 6.10. The average Bonchev–Trinajstić information content (AvgIpc) is 3.19. The summed E-state index contributed by atoms with van der Waals surface area (Å²) in [6.07, 6.45) is -1.04. The van der Waals surface area contributed by atoms with Gasteiger partial charge in [-0.2, -0.15) is 18.4 Å². The molecule has 224 valence electrons. The molecule has 2 atom stereocenters. The number of hydrogen-bond donors (Lipinski definition) is 0. The van der Waals surface area contributed by atoms with Gasteiger partial charge in [-0.1, -0.05) is 12.1 Å². The van der Waals surface area contributed by atoms with Crippen molar-refractivity contribution < 1.29 is 26.7 Å². The van der Waals surface area contributed by atoms with Crippen LogP contribution in [0, 0.1) is 29.1 Å². The molecule has 1 saturated heterocycles. The van der Waals surface area contributed by atoms with E-state index in [1.54, 1.807) is 23.4 Å². The van der Waals surface area contributed by atoms with Crippen molar-refractivity contribution in [2.75, 3.05) is 18.0 Å². The molecule has 0 radical (unpaired) electrons. The number of aryl methyl sites for hydroxylation is 1. The second kappa shape index (κ2) is 9.58. The van der Waals surface area contributed by atoms with Gasteiger partial charge >= 0.3 is 6.18 Å². The summed E-state index contributed by atoms with van der Waals surface area (Å²) in [4.78, 5) is 16.8. The maximum absolute atomic E-state index is 14.3. The standard InChI is InChI=1S/C31H29F5N6O/c1-40-17-38-39-27(40)12-29(10-19(11-29)13-37)20-3-2-4-21(9-20)42-15-23-22(28(42)43)7-18(8-25(23)31(34,35)36)14-41-6-5-24-26(16-41)30(24,32)33/h2-4,7-9,17,19,24,26H,5-6,10-12,14-16H2,1H3/t19?,24?,26-,29?/m0/s1. The first kappa shape index (κ1) is 28.0. The van der Waals surface area contributed by atoms with E-state index in [2.05, 4.69) is 16.3 Å². The van der Waals surface area contributed by atoms with Crippen molar-refractivity contribution in [2.24, 2.45) is 24.8 Å². The lowest BCUT2D eigenvalue weighted by molar-refractivity contribution is -0.138. The number of rotatable bonds is 6. The molecule has 7 rings (SSSR count). The largest absolute Gasteiger partial charge is 0.416 e. The molecule has 0 spiro atoms. The lowest BCUT2D eigenvalue weighted by Crippen LogP contribution is -2.43. The van der Waals surface area contributed by atoms with E-state index >= 15 is 0 Å². The fraction of sp³-hybridized carbons (Fsp3) is 0.484. The number of alkyl halides is 5. The third kappa shape index (κ3) is 4.60. The number of nitrogens with zero attached hydrogens (tertiary/aromatic N) is 6. The number of piperidine rings is 1.